The Balaban J connectivity index is 1.87. The van der Waals surface area contributed by atoms with E-state index in [9.17, 15) is 14.7 Å². The first kappa shape index (κ1) is 20.1. The average molecular weight is 439 g/mol. The minimum atomic E-state index is -0.769. The molecule has 1 aromatic heterocycles. The van der Waals surface area contributed by atoms with E-state index in [1.165, 1.54) is 4.90 Å². The number of aromatic nitrogens is 1. The van der Waals surface area contributed by atoms with Crippen LogP contribution in [0.1, 0.15) is 22.7 Å². The Morgan fingerprint density at radius 2 is 1.67 bits per heavy atom. The Morgan fingerprint density at radius 1 is 0.967 bits per heavy atom. The molecule has 1 amide bonds. The third-order valence-electron chi connectivity index (χ3n) is 4.93. The summed E-state index contributed by atoms with van der Waals surface area (Å²) in [6, 6.07) is 16.1. The summed E-state index contributed by atoms with van der Waals surface area (Å²) < 4.78 is 0. The van der Waals surface area contributed by atoms with Crippen LogP contribution >= 0.6 is 23.2 Å². The molecule has 0 radical (unpaired) electrons. The molecule has 1 fully saturated rings. The molecule has 1 unspecified atom stereocenters. The highest BCUT2D eigenvalue weighted by atomic mass is 35.5. The van der Waals surface area contributed by atoms with Crippen LogP contribution in [0.3, 0.4) is 0 Å². The lowest BCUT2D eigenvalue weighted by atomic mass is 9.95. The molecule has 3 aromatic rings. The first-order valence-electron chi connectivity index (χ1n) is 9.14. The SMILES string of the molecule is O=C1C(=O)N(Cc2ccncc2)C(c2ccc(Cl)cc2)/C1=C(/O)c1cccc(Cl)c1. The van der Waals surface area contributed by atoms with Crippen molar-refractivity contribution < 1.29 is 14.7 Å². The van der Waals surface area contributed by atoms with Crippen molar-refractivity contribution in [2.45, 2.75) is 12.6 Å². The first-order valence-corrected chi connectivity index (χ1v) is 9.90. The zero-order valence-electron chi connectivity index (χ0n) is 15.6. The molecule has 2 heterocycles. The number of Topliss-reactive ketones (excluding diaryl/α,β-unsaturated/α-hetero) is 1. The number of halogens is 2. The summed E-state index contributed by atoms with van der Waals surface area (Å²) >= 11 is 12.1. The standard InChI is InChI=1S/C23H16Cl2N2O3/c24-17-6-4-15(5-7-17)20-19(21(28)16-2-1-3-18(25)12-16)22(29)23(30)27(20)13-14-8-10-26-11-9-14/h1-12,20,28H,13H2/b21-19-. The molecular weight excluding hydrogens is 423 g/mol. The lowest BCUT2D eigenvalue weighted by molar-refractivity contribution is -0.140. The molecule has 1 aliphatic heterocycles. The van der Waals surface area contributed by atoms with E-state index in [0.29, 0.717) is 21.2 Å². The number of nitrogens with zero attached hydrogens (tertiary/aromatic N) is 2. The zero-order chi connectivity index (χ0) is 21.3. The van der Waals surface area contributed by atoms with Gasteiger partial charge in [-0.25, -0.2) is 0 Å². The highest BCUT2D eigenvalue weighted by Gasteiger charge is 2.46. The van der Waals surface area contributed by atoms with Crippen LogP contribution in [0.15, 0.2) is 78.6 Å². The van der Waals surface area contributed by atoms with Gasteiger partial charge in [0.15, 0.2) is 0 Å². The predicted molar refractivity (Wildman–Crippen MR) is 115 cm³/mol. The molecule has 0 spiro atoms. The fourth-order valence-corrected chi connectivity index (χ4v) is 3.83. The molecule has 4 rings (SSSR count). The number of likely N-dealkylation sites (tertiary alicyclic amines) is 1. The van der Waals surface area contributed by atoms with E-state index >= 15 is 0 Å². The highest BCUT2D eigenvalue weighted by molar-refractivity contribution is 6.46. The van der Waals surface area contributed by atoms with Crippen LogP contribution in [-0.4, -0.2) is 26.7 Å². The van der Waals surface area contributed by atoms with Gasteiger partial charge in [-0.15, -0.1) is 0 Å². The summed E-state index contributed by atoms with van der Waals surface area (Å²) in [5.41, 5.74) is 1.85. The van der Waals surface area contributed by atoms with Gasteiger partial charge in [-0.1, -0.05) is 47.5 Å². The number of ketones is 1. The smallest absolute Gasteiger partial charge is 0.295 e. The zero-order valence-corrected chi connectivity index (χ0v) is 17.1. The van der Waals surface area contributed by atoms with Gasteiger partial charge in [0.05, 0.1) is 11.6 Å². The number of benzene rings is 2. The second kappa shape index (κ2) is 8.30. The third kappa shape index (κ3) is 3.82. The van der Waals surface area contributed by atoms with Gasteiger partial charge >= 0.3 is 0 Å². The predicted octanol–water partition coefficient (Wildman–Crippen LogP) is 5.01. The van der Waals surface area contributed by atoms with E-state index in [1.807, 2.05) is 0 Å². The van der Waals surface area contributed by atoms with Crippen LogP contribution in [0.5, 0.6) is 0 Å². The van der Waals surface area contributed by atoms with Crippen LogP contribution in [0, 0.1) is 0 Å². The molecule has 7 heteroatoms. The van der Waals surface area contributed by atoms with Crippen molar-refractivity contribution in [3.05, 3.63) is 105 Å². The number of hydrogen-bond donors (Lipinski definition) is 1. The van der Waals surface area contributed by atoms with Gasteiger partial charge in [-0.05, 0) is 47.5 Å². The summed E-state index contributed by atoms with van der Waals surface area (Å²) in [6.45, 7) is 0.187. The van der Waals surface area contributed by atoms with E-state index in [2.05, 4.69) is 4.98 Å². The van der Waals surface area contributed by atoms with Crippen molar-refractivity contribution in [3.8, 4) is 0 Å². The van der Waals surface area contributed by atoms with Crippen molar-refractivity contribution in [1.82, 2.24) is 9.88 Å². The first-order chi connectivity index (χ1) is 14.5. The summed E-state index contributed by atoms with van der Waals surface area (Å²) in [7, 11) is 0. The lowest BCUT2D eigenvalue weighted by Gasteiger charge is -2.25. The number of carbonyl (C=O) groups excluding carboxylic acids is 2. The number of aliphatic hydroxyl groups excluding tert-OH is 1. The molecule has 0 bridgehead atoms. The van der Waals surface area contributed by atoms with Gasteiger partial charge in [-0.3, -0.25) is 14.6 Å². The maximum Gasteiger partial charge on any atom is 0.295 e. The summed E-state index contributed by atoms with van der Waals surface area (Å²) in [5.74, 6) is -1.70. The van der Waals surface area contributed by atoms with E-state index in [-0.39, 0.29) is 17.9 Å². The Hall–Kier alpha value is -3.15. The number of carbonyl (C=O) groups is 2. The maximum atomic E-state index is 13.0. The van der Waals surface area contributed by atoms with Crippen molar-refractivity contribution in [1.29, 1.82) is 0 Å². The number of hydrogen-bond acceptors (Lipinski definition) is 4. The number of pyridine rings is 1. The van der Waals surface area contributed by atoms with Crippen LogP contribution in [0.2, 0.25) is 10.0 Å². The van der Waals surface area contributed by atoms with E-state index in [0.717, 1.165) is 5.56 Å². The second-order valence-corrected chi connectivity index (χ2v) is 7.72. The van der Waals surface area contributed by atoms with E-state index in [4.69, 9.17) is 23.2 Å². The van der Waals surface area contributed by atoms with Gasteiger partial charge in [0, 0.05) is 34.5 Å². The van der Waals surface area contributed by atoms with Crippen molar-refractivity contribution in [3.63, 3.8) is 0 Å². The summed E-state index contributed by atoms with van der Waals surface area (Å²) in [5, 5.41) is 11.9. The van der Waals surface area contributed by atoms with Gasteiger partial charge < -0.3 is 10.0 Å². The molecule has 0 aliphatic carbocycles. The lowest BCUT2D eigenvalue weighted by Crippen LogP contribution is -2.29. The van der Waals surface area contributed by atoms with Crippen LogP contribution in [-0.2, 0) is 16.1 Å². The topological polar surface area (TPSA) is 70.5 Å². The molecule has 0 saturated carbocycles. The van der Waals surface area contributed by atoms with Crippen LogP contribution in [0.25, 0.3) is 5.76 Å². The van der Waals surface area contributed by atoms with Crippen molar-refractivity contribution >= 4 is 40.7 Å². The molecule has 5 nitrogen and oxygen atoms in total. The molecule has 1 aliphatic rings. The molecular formula is C23H16Cl2N2O3. The number of rotatable bonds is 4. The van der Waals surface area contributed by atoms with Crippen molar-refractivity contribution in [2.75, 3.05) is 0 Å². The average Bonchev–Trinajstić information content (AvgIpc) is 2.99. The van der Waals surface area contributed by atoms with Crippen LogP contribution < -0.4 is 0 Å². The fourth-order valence-electron chi connectivity index (χ4n) is 3.51. The molecule has 30 heavy (non-hydrogen) atoms. The molecule has 1 atom stereocenters. The minimum Gasteiger partial charge on any atom is -0.507 e. The Morgan fingerprint density at radius 3 is 2.33 bits per heavy atom. The van der Waals surface area contributed by atoms with E-state index in [1.54, 1.807) is 73.1 Å². The van der Waals surface area contributed by atoms with Gasteiger partial charge in [-0.2, -0.15) is 0 Å². The molecule has 2 aromatic carbocycles. The second-order valence-electron chi connectivity index (χ2n) is 6.84. The monoisotopic (exact) mass is 438 g/mol. The third-order valence-corrected chi connectivity index (χ3v) is 5.41. The highest BCUT2D eigenvalue weighted by Crippen LogP contribution is 2.40. The minimum absolute atomic E-state index is 0.0126. The van der Waals surface area contributed by atoms with Gasteiger partial charge in [0.1, 0.15) is 5.76 Å². The van der Waals surface area contributed by atoms with Gasteiger partial charge in [0.25, 0.3) is 11.7 Å². The molecule has 1 saturated heterocycles. The number of aliphatic hydroxyl groups is 1. The quantitative estimate of drug-likeness (QED) is 0.353. The number of amides is 1. The van der Waals surface area contributed by atoms with Crippen LogP contribution in [0.4, 0.5) is 0 Å². The largest absolute Gasteiger partial charge is 0.507 e. The molecule has 150 valence electrons. The Labute approximate surface area is 183 Å². The fraction of sp³-hybridized carbons (Fsp3) is 0.0870. The van der Waals surface area contributed by atoms with Crippen molar-refractivity contribution in [2.24, 2.45) is 0 Å². The maximum absolute atomic E-state index is 13.0. The summed E-state index contributed by atoms with van der Waals surface area (Å²) in [4.78, 5) is 31.3. The normalized spacial score (nSPS) is 18.1. The Bertz CT molecular complexity index is 1140. The Kier molecular flexibility index (Phi) is 5.57. The van der Waals surface area contributed by atoms with Gasteiger partial charge in [0.2, 0.25) is 0 Å². The summed E-state index contributed by atoms with van der Waals surface area (Å²) in [6.07, 6.45) is 3.24. The van der Waals surface area contributed by atoms with E-state index < -0.39 is 17.7 Å². The molecule has 1 N–H and O–H groups in total.